The van der Waals surface area contributed by atoms with Crippen LogP contribution in [0.2, 0.25) is 0 Å². The molecule has 3 aromatic rings. The van der Waals surface area contributed by atoms with Gasteiger partial charge in [0.05, 0.1) is 11.2 Å². The largest absolute Gasteiger partial charge is 0.487 e. The minimum atomic E-state index is -0.336. The van der Waals surface area contributed by atoms with Gasteiger partial charge in [-0.05, 0) is 73.8 Å². The minimum absolute atomic E-state index is 0.0264. The zero-order valence-electron chi connectivity index (χ0n) is 19.0. The van der Waals surface area contributed by atoms with Crippen LogP contribution >= 0.6 is 23.7 Å². The first-order chi connectivity index (χ1) is 16.0. The van der Waals surface area contributed by atoms with Crippen LogP contribution in [0.3, 0.4) is 0 Å². The molecule has 6 nitrogen and oxygen atoms in total. The van der Waals surface area contributed by atoms with Crippen molar-refractivity contribution in [3.8, 4) is 5.75 Å². The molecule has 2 fully saturated rings. The molecular formula is C24H30FN5OS2. The van der Waals surface area contributed by atoms with Crippen LogP contribution in [-0.2, 0) is 0 Å². The summed E-state index contributed by atoms with van der Waals surface area (Å²) in [4.78, 5) is 8.70. The van der Waals surface area contributed by atoms with Gasteiger partial charge in [0.2, 0.25) is 0 Å². The summed E-state index contributed by atoms with van der Waals surface area (Å²) in [6, 6.07) is 8.19. The van der Waals surface area contributed by atoms with Gasteiger partial charge in [0.1, 0.15) is 29.8 Å². The second-order valence-electron chi connectivity index (χ2n) is 8.14. The van der Waals surface area contributed by atoms with Crippen molar-refractivity contribution < 1.29 is 9.13 Å². The molecule has 2 aromatic carbocycles. The van der Waals surface area contributed by atoms with Gasteiger partial charge >= 0.3 is 0 Å². The Balaban J connectivity index is 0.000000459. The van der Waals surface area contributed by atoms with E-state index in [4.69, 9.17) is 10.5 Å². The van der Waals surface area contributed by atoms with E-state index in [1.807, 2.05) is 25.3 Å². The molecule has 1 atom stereocenters. The molecule has 3 heterocycles. The van der Waals surface area contributed by atoms with Crippen molar-refractivity contribution in [2.45, 2.75) is 32.3 Å². The Morgan fingerprint density at radius 1 is 1.21 bits per heavy atom. The number of thioether (sulfide) groups is 1. The summed E-state index contributed by atoms with van der Waals surface area (Å²) >= 11 is 3.77. The van der Waals surface area contributed by atoms with E-state index in [-0.39, 0.29) is 11.9 Å². The molecule has 1 unspecified atom stereocenters. The number of nitrogens with one attached hydrogen (secondary N) is 1. The fraction of sp³-hybridized carbons (Fsp3) is 0.417. The number of hydrogen-bond donors (Lipinski definition) is 2. The standard InChI is InChI=1S/C20H22FN5OS.C4H8S/c1-12-7-14(22)9-17-19(12)20(24-11-23-17)25-16-4-3-13(21)8-18(16)27-15-5-6-26(10-15)28-2;1-2-4-5-3-1/h3-4,7-9,11,15H,5-6,10,22H2,1-2H3,(H,23,24,25);1-4H2. The molecule has 33 heavy (non-hydrogen) atoms. The first-order valence-corrected chi connectivity index (χ1v) is 13.5. The van der Waals surface area contributed by atoms with Gasteiger partial charge in [0, 0.05) is 30.2 Å². The van der Waals surface area contributed by atoms with Crippen LogP contribution in [0, 0.1) is 12.7 Å². The quantitative estimate of drug-likeness (QED) is 0.353. The number of nitrogens with two attached hydrogens (primary N) is 1. The maximum atomic E-state index is 13.9. The van der Waals surface area contributed by atoms with E-state index < -0.39 is 0 Å². The van der Waals surface area contributed by atoms with E-state index in [9.17, 15) is 4.39 Å². The number of aryl methyl sites for hydroxylation is 1. The highest BCUT2D eigenvalue weighted by atomic mass is 32.2. The Kier molecular flexibility index (Phi) is 8.16. The van der Waals surface area contributed by atoms with Gasteiger partial charge in [-0.3, -0.25) is 0 Å². The Morgan fingerprint density at radius 3 is 2.73 bits per heavy atom. The number of rotatable bonds is 5. The number of hydrogen-bond acceptors (Lipinski definition) is 8. The van der Waals surface area contributed by atoms with Gasteiger partial charge in [-0.25, -0.2) is 18.7 Å². The summed E-state index contributed by atoms with van der Waals surface area (Å²) in [5.74, 6) is 3.61. The van der Waals surface area contributed by atoms with Crippen molar-refractivity contribution in [2.24, 2.45) is 0 Å². The normalized spacial score (nSPS) is 18.2. The number of nitrogen functional groups attached to an aromatic ring is 1. The van der Waals surface area contributed by atoms with Gasteiger partial charge < -0.3 is 15.8 Å². The SMILES string of the molecule is C1CCSC1.CSN1CCC(Oc2cc(F)ccc2Nc2ncnc3cc(N)cc(C)c23)C1. The molecule has 0 spiro atoms. The zero-order chi connectivity index (χ0) is 23.2. The lowest BCUT2D eigenvalue weighted by atomic mass is 10.1. The van der Waals surface area contributed by atoms with Crippen molar-refractivity contribution >= 4 is 51.8 Å². The third-order valence-electron chi connectivity index (χ3n) is 5.64. The Labute approximate surface area is 203 Å². The van der Waals surface area contributed by atoms with Gasteiger partial charge in [-0.2, -0.15) is 11.8 Å². The Morgan fingerprint density at radius 2 is 2.03 bits per heavy atom. The van der Waals surface area contributed by atoms with Crippen molar-refractivity contribution in [2.75, 3.05) is 41.9 Å². The Hall–Kier alpha value is -2.23. The van der Waals surface area contributed by atoms with Crippen molar-refractivity contribution in [3.63, 3.8) is 0 Å². The van der Waals surface area contributed by atoms with E-state index >= 15 is 0 Å². The van der Waals surface area contributed by atoms with E-state index in [0.29, 0.717) is 22.9 Å². The molecule has 0 bridgehead atoms. The molecule has 176 valence electrons. The number of fused-ring (bicyclic) bond motifs is 1. The van der Waals surface area contributed by atoms with Crippen LogP contribution in [0.25, 0.3) is 10.9 Å². The maximum Gasteiger partial charge on any atom is 0.146 e. The highest BCUT2D eigenvalue weighted by molar-refractivity contribution is 7.99. The Bertz CT molecular complexity index is 1090. The predicted molar refractivity (Wildman–Crippen MR) is 139 cm³/mol. The third-order valence-corrected chi connectivity index (χ3v) is 7.64. The molecular weight excluding hydrogens is 457 g/mol. The van der Waals surface area contributed by atoms with Crippen LogP contribution in [0.4, 0.5) is 21.6 Å². The smallest absolute Gasteiger partial charge is 0.146 e. The molecule has 1 aromatic heterocycles. The van der Waals surface area contributed by atoms with Crippen molar-refractivity contribution in [3.05, 3.63) is 48.0 Å². The highest BCUT2D eigenvalue weighted by Crippen LogP contribution is 2.34. The monoisotopic (exact) mass is 487 g/mol. The van der Waals surface area contributed by atoms with Crippen molar-refractivity contribution in [1.82, 2.24) is 14.3 Å². The lowest BCUT2D eigenvalue weighted by Crippen LogP contribution is -2.20. The minimum Gasteiger partial charge on any atom is -0.487 e. The fourth-order valence-corrected chi connectivity index (χ4v) is 5.61. The van der Waals surface area contributed by atoms with E-state index in [1.165, 1.54) is 42.8 Å². The summed E-state index contributed by atoms with van der Waals surface area (Å²) in [7, 11) is 0. The van der Waals surface area contributed by atoms with E-state index in [0.717, 1.165) is 36.0 Å². The van der Waals surface area contributed by atoms with E-state index in [2.05, 4.69) is 31.4 Å². The van der Waals surface area contributed by atoms with Gasteiger partial charge in [-0.15, -0.1) is 0 Å². The third kappa shape index (κ3) is 6.22. The summed E-state index contributed by atoms with van der Waals surface area (Å²) in [5.41, 5.74) is 8.98. The topological polar surface area (TPSA) is 76.3 Å². The first kappa shape index (κ1) is 23.9. The summed E-state index contributed by atoms with van der Waals surface area (Å²) in [6.07, 6.45) is 7.40. The molecule has 0 radical (unpaired) electrons. The average molecular weight is 488 g/mol. The van der Waals surface area contributed by atoms with Crippen LogP contribution in [0.5, 0.6) is 5.75 Å². The number of ether oxygens (including phenoxy) is 1. The van der Waals surface area contributed by atoms with Gasteiger partial charge in [-0.1, -0.05) is 11.9 Å². The number of nitrogens with zero attached hydrogens (tertiary/aromatic N) is 3. The van der Waals surface area contributed by atoms with Crippen LogP contribution in [0.1, 0.15) is 24.8 Å². The van der Waals surface area contributed by atoms with E-state index in [1.54, 1.807) is 18.0 Å². The first-order valence-electron chi connectivity index (χ1n) is 11.1. The number of benzene rings is 2. The van der Waals surface area contributed by atoms with Crippen LogP contribution in [0.15, 0.2) is 36.7 Å². The molecule has 0 amide bonds. The maximum absolute atomic E-state index is 13.9. The summed E-state index contributed by atoms with van der Waals surface area (Å²) < 4.78 is 22.3. The molecule has 2 aliphatic heterocycles. The van der Waals surface area contributed by atoms with Crippen LogP contribution < -0.4 is 15.8 Å². The molecule has 9 heteroatoms. The predicted octanol–water partition coefficient (Wildman–Crippen LogP) is 5.65. The average Bonchev–Trinajstić information content (AvgIpc) is 3.50. The second kappa shape index (κ2) is 11.3. The number of aromatic nitrogens is 2. The lowest BCUT2D eigenvalue weighted by Gasteiger charge is -2.18. The molecule has 5 rings (SSSR count). The summed E-state index contributed by atoms with van der Waals surface area (Å²) in [5, 5.41) is 4.18. The highest BCUT2D eigenvalue weighted by Gasteiger charge is 2.24. The summed E-state index contributed by atoms with van der Waals surface area (Å²) in [6.45, 7) is 3.73. The number of anilines is 3. The molecule has 0 aliphatic carbocycles. The van der Waals surface area contributed by atoms with Gasteiger partial charge in [0.25, 0.3) is 0 Å². The molecule has 3 N–H and O–H groups in total. The second-order valence-corrected chi connectivity index (χ2v) is 10.2. The molecule has 0 saturated carbocycles. The van der Waals surface area contributed by atoms with Crippen LogP contribution in [-0.4, -0.2) is 51.2 Å². The lowest BCUT2D eigenvalue weighted by molar-refractivity contribution is 0.217. The fourth-order valence-electron chi connectivity index (χ4n) is 3.99. The van der Waals surface area contributed by atoms with Gasteiger partial charge in [0.15, 0.2) is 0 Å². The number of halogens is 1. The molecule has 2 saturated heterocycles. The zero-order valence-corrected chi connectivity index (χ0v) is 20.6. The van der Waals surface area contributed by atoms with Crippen molar-refractivity contribution in [1.29, 1.82) is 0 Å². The molecule has 2 aliphatic rings.